The molecule has 1 aromatic carbocycles. The average molecular weight is 447 g/mol. The van der Waals surface area contributed by atoms with Gasteiger partial charge in [-0.2, -0.15) is 0 Å². The predicted molar refractivity (Wildman–Crippen MR) is 117 cm³/mol. The molecule has 4 rings (SSSR count). The molecule has 3 heterocycles. The maximum Gasteiger partial charge on any atom is 0.257 e. The van der Waals surface area contributed by atoms with Crippen LogP contribution in [0.5, 0.6) is 5.75 Å². The Kier molecular flexibility index (Phi) is 6.80. The fraction of sp³-hybridized carbons (Fsp3) is 0.455. The highest BCUT2D eigenvalue weighted by atomic mass is 35.5. The quantitative estimate of drug-likeness (QED) is 0.700. The molecular formula is C22H27ClN4O4. The lowest BCUT2D eigenvalue weighted by Gasteiger charge is -2.36. The van der Waals surface area contributed by atoms with Crippen LogP contribution in [-0.2, 0) is 9.53 Å². The summed E-state index contributed by atoms with van der Waals surface area (Å²) in [6.45, 7) is 5.31. The van der Waals surface area contributed by atoms with Crippen LogP contribution in [0, 0.1) is 0 Å². The summed E-state index contributed by atoms with van der Waals surface area (Å²) in [7, 11) is 1.54. The number of carbonyl (C=O) groups is 2. The average Bonchev–Trinajstić information content (AvgIpc) is 3.34. The van der Waals surface area contributed by atoms with Crippen molar-refractivity contribution in [3.63, 3.8) is 0 Å². The number of methoxy groups -OCH3 is 1. The number of hydrogen-bond donors (Lipinski definition) is 0. The zero-order valence-electron chi connectivity index (χ0n) is 17.6. The molecule has 0 atom stereocenters. The van der Waals surface area contributed by atoms with Gasteiger partial charge in [0.1, 0.15) is 5.75 Å². The van der Waals surface area contributed by atoms with Crippen molar-refractivity contribution in [3.8, 4) is 11.4 Å². The van der Waals surface area contributed by atoms with E-state index in [1.54, 1.807) is 24.1 Å². The van der Waals surface area contributed by atoms with E-state index >= 15 is 0 Å². The van der Waals surface area contributed by atoms with Crippen LogP contribution < -0.4 is 4.74 Å². The molecule has 2 amide bonds. The lowest BCUT2D eigenvalue weighted by Crippen LogP contribution is -2.53. The summed E-state index contributed by atoms with van der Waals surface area (Å²) >= 11 is 6.48. The van der Waals surface area contributed by atoms with E-state index in [1.165, 1.54) is 0 Å². The Labute approximate surface area is 186 Å². The van der Waals surface area contributed by atoms with Crippen LogP contribution in [-0.4, -0.2) is 97.2 Å². The summed E-state index contributed by atoms with van der Waals surface area (Å²) in [6, 6.07) is 7.25. The Morgan fingerprint density at radius 1 is 1.00 bits per heavy atom. The van der Waals surface area contributed by atoms with Gasteiger partial charge in [-0.05, 0) is 18.2 Å². The second kappa shape index (κ2) is 9.72. The topological polar surface area (TPSA) is 67.2 Å². The van der Waals surface area contributed by atoms with Gasteiger partial charge >= 0.3 is 0 Å². The Hall–Kier alpha value is -2.55. The van der Waals surface area contributed by atoms with Gasteiger partial charge in [-0.3, -0.25) is 14.5 Å². The third-order valence-corrected chi connectivity index (χ3v) is 6.07. The van der Waals surface area contributed by atoms with Gasteiger partial charge in [0.05, 0.1) is 43.1 Å². The Morgan fingerprint density at radius 2 is 1.65 bits per heavy atom. The van der Waals surface area contributed by atoms with Crippen molar-refractivity contribution in [3.05, 3.63) is 47.2 Å². The SMILES string of the molecule is COc1cc(-n2cccc2)c(Cl)cc1C(=O)N1CCN(C(=O)CN2CCOCC2)CC1. The molecular weight excluding hydrogens is 420 g/mol. The minimum Gasteiger partial charge on any atom is -0.496 e. The van der Waals surface area contributed by atoms with Crippen LogP contribution >= 0.6 is 11.6 Å². The normalized spacial score (nSPS) is 17.6. The first-order valence-electron chi connectivity index (χ1n) is 10.4. The number of aromatic nitrogens is 1. The molecule has 0 spiro atoms. The highest BCUT2D eigenvalue weighted by Gasteiger charge is 2.28. The Morgan fingerprint density at radius 3 is 2.29 bits per heavy atom. The molecule has 2 aromatic rings. The molecule has 0 N–H and O–H groups in total. The fourth-order valence-corrected chi connectivity index (χ4v) is 4.21. The highest BCUT2D eigenvalue weighted by Crippen LogP contribution is 2.31. The van der Waals surface area contributed by atoms with Gasteiger partial charge in [-0.15, -0.1) is 0 Å². The molecule has 0 radical (unpaired) electrons. The van der Waals surface area contributed by atoms with Gasteiger partial charge in [0.15, 0.2) is 0 Å². The second-order valence-corrected chi connectivity index (χ2v) is 8.06. The minimum absolute atomic E-state index is 0.102. The summed E-state index contributed by atoms with van der Waals surface area (Å²) in [6.07, 6.45) is 3.77. The molecule has 8 nitrogen and oxygen atoms in total. The maximum atomic E-state index is 13.2. The largest absolute Gasteiger partial charge is 0.496 e. The van der Waals surface area contributed by atoms with Gasteiger partial charge in [-0.25, -0.2) is 0 Å². The van der Waals surface area contributed by atoms with Gasteiger partial charge in [-0.1, -0.05) is 11.6 Å². The fourth-order valence-electron chi connectivity index (χ4n) is 3.95. The number of carbonyl (C=O) groups excluding carboxylic acids is 2. The van der Waals surface area contributed by atoms with Crippen LogP contribution in [0.25, 0.3) is 5.69 Å². The van der Waals surface area contributed by atoms with E-state index in [0.717, 1.165) is 18.8 Å². The molecule has 1 aromatic heterocycles. The molecule has 2 saturated heterocycles. The Balaban J connectivity index is 1.40. The molecule has 0 saturated carbocycles. The van der Waals surface area contributed by atoms with E-state index in [9.17, 15) is 9.59 Å². The monoisotopic (exact) mass is 446 g/mol. The number of piperazine rings is 1. The van der Waals surface area contributed by atoms with E-state index in [2.05, 4.69) is 4.90 Å². The summed E-state index contributed by atoms with van der Waals surface area (Å²) in [5.41, 5.74) is 1.18. The number of morpholine rings is 1. The maximum absolute atomic E-state index is 13.2. The third-order valence-electron chi connectivity index (χ3n) is 5.76. The van der Waals surface area contributed by atoms with Crippen molar-refractivity contribution in [1.29, 1.82) is 0 Å². The van der Waals surface area contributed by atoms with Crippen LogP contribution in [0.1, 0.15) is 10.4 Å². The van der Waals surface area contributed by atoms with Gasteiger partial charge in [0.25, 0.3) is 5.91 Å². The summed E-state index contributed by atoms with van der Waals surface area (Å²) in [4.78, 5) is 31.5. The zero-order valence-corrected chi connectivity index (χ0v) is 18.4. The molecule has 9 heteroatoms. The van der Waals surface area contributed by atoms with E-state index < -0.39 is 0 Å². The number of amides is 2. The van der Waals surface area contributed by atoms with Crippen molar-refractivity contribution in [2.45, 2.75) is 0 Å². The summed E-state index contributed by atoms with van der Waals surface area (Å²) in [5, 5.41) is 0.472. The number of ether oxygens (including phenoxy) is 2. The Bertz CT molecular complexity index is 920. The van der Waals surface area contributed by atoms with Gasteiger partial charge in [0.2, 0.25) is 5.91 Å². The van der Waals surface area contributed by atoms with Crippen molar-refractivity contribution in [2.75, 3.05) is 66.1 Å². The van der Waals surface area contributed by atoms with Crippen LogP contribution in [0.15, 0.2) is 36.7 Å². The first-order valence-corrected chi connectivity index (χ1v) is 10.8. The number of halogens is 1. The first kappa shape index (κ1) is 21.7. The lowest BCUT2D eigenvalue weighted by molar-refractivity contribution is -0.134. The smallest absolute Gasteiger partial charge is 0.257 e. The van der Waals surface area contributed by atoms with Crippen LogP contribution in [0.3, 0.4) is 0 Å². The summed E-state index contributed by atoms with van der Waals surface area (Å²) in [5.74, 6) is 0.438. The van der Waals surface area contributed by atoms with E-state index in [0.29, 0.717) is 62.3 Å². The van der Waals surface area contributed by atoms with E-state index in [4.69, 9.17) is 21.1 Å². The minimum atomic E-state index is -0.141. The zero-order chi connectivity index (χ0) is 21.8. The van der Waals surface area contributed by atoms with Crippen LogP contribution in [0.2, 0.25) is 5.02 Å². The number of hydrogen-bond acceptors (Lipinski definition) is 5. The molecule has 31 heavy (non-hydrogen) atoms. The highest BCUT2D eigenvalue weighted by molar-refractivity contribution is 6.33. The second-order valence-electron chi connectivity index (χ2n) is 7.66. The van der Waals surface area contributed by atoms with Gasteiger partial charge < -0.3 is 23.8 Å². The number of benzene rings is 1. The summed E-state index contributed by atoms with van der Waals surface area (Å²) < 4.78 is 12.7. The molecule has 2 aliphatic heterocycles. The van der Waals surface area contributed by atoms with E-state index in [1.807, 2.05) is 34.0 Å². The van der Waals surface area contributed by atoms with Crippen molar-refractivity contribution in [1.82, 2.24) is 19.3 Å². The molecule has 0 unspecified atom stereocenters. The first-order chi connectivity index (χ1) is 15.1. The predicted octanol–water partition coefficient (Wildman–Crippen LogP) is 1.76. The molecule has 166 valence electrons. The van der Waals surface area contributed by atoms with Gasteiger partial charge in [0, 0.05) is 57.7 Å². The molecule has 2 fully saturated rings. The molecule has 0 aliphatic carbocycles. The van der Waals surface area contributed by atoms with Crippen LogP contribution in [0.4, 0.5) is 0 Å². The van der Waals surface area contributed by atoms with Crippen molar-refractivity contribution in [2.24, 2.45) is 0 Å². The van der Waals surface area contributed by atoms with E-state index in [-0.39, 0.29) is 11.8 Å². The number of rotatable bonds is 5. The standard InChI is InChI=1S/C22H27ClN4O4/c1-30-20-15-19(25-4-2-3-5-25)18(23)14-17(20)22(29)27-8-6-26(7-9-27)21(28)16-24-10-12-31-13-11-24/h2-5,14-15H,6-13,16H2,1H3. The number of nitrogens with zero attached hydrogens (tertiary/aromatic N) is 4. The molecule has 0 bridgehead atoms. The van der Waals surface area contributed by atoms with Crippen molar-refractivity contribution >= 4 is 23.4 Å². The third kappa shape index (κ3) is 4.87. The van der Waals surface area contributed by atoms with Crippen molar-refractivity contribution < 1.29 is 19.1 Å². The molecule has 2 aliphatic rings. The lowest BCUT2D eigenvalue weighted by atomic mass is 10.1.